The van der Waals surface area contributed by atoms with Gasteiger partial charge in [0.15, 0.2) is 5.65 Å². The predicted molar refractivity (Wildman–Crippen MR) is 77.3 cm³/mol. The quantitative estimate of drug-likeness (QED) is 0.740. The molecule has 0 radical (unpaired) electrons. The van der Waals surface area contributed by atoms with E-state index in [0.29, 0.717) is 0 Å². The third kappa shape index (κ3) is 1.94. The Hall–Kier alpha value is -2.07. The molecule has 5 heteroatoms. The Balaban J connectivity index is 2.30. The number of aromatic nitrogens is 3. The second-order valence-corrected chi connectivity index (χ2v) is 4.97. The highest BCUT2D eigenvalue weighted by molar-refractivity contribution is 6.30. The molecule has 0 amide bonds. The number of halogens is 1. The Morgan fingerprint density at radius 3 is 2.68 bits per heavy atom. The number of fused-ring (bicyclic) bond motifs is 1. The van der Waals surface area contributed by atoms with Crippen molar-refractivity contribution in [2.75, 3.05) is 5.73 Å². The highest BCUT2D eigenvalue weighted by atomic mass is 35.5. The number of pyridine rings is 1. The van der Waals surface area contributed by atoms with Crippen molar-refractivity contribution in [2.45, 2.75) is 13.8 Å². The van der Waals surface area contributed by atoms with Crippen LogP contribution in [0.5, 0.6) is 0 Å². The minimum Gasteiger partial charge on any atom is -0.366 e. The maximum Gasteiger partial charge on any atom is 0.240 e. The molecule has 0 unspecified atom stereocenters. The van der Waals surface area contributed by atoms with Crippen LogP contribution in [0.3, 0.4) is 0 Å². The molecule has 2 N–H and O–H groups in total. The molecule has 0 fully saturated rings. The van der Waals surface area contributed by atoms with Crippen molar-refractivity contribution in [3.8, 4) is 11.1 Å². The summed E-state index contributed by atoms with van der Waals surface area (Å²) in [6.45, 7) is 4.06. The van der Waals surface area contributed by atoms with E-state index in [9.17, 15) is 0 Å². The van der Waals surface area contributed by atoms with Gasteiger partial charge in [-0.3, -0.25) is 0 Å². The summed E-state index contributed by atoms with van der Waals surface area (Å²) in [5, 5.41) is 4.92. The third-order valence-corrected chi connectivity index (χ3v) is 3.48. The lowest BCUT2D eigenvalue weighted by Gasteiger charge is -2.10. The number of nitrogens with two attached hydrogens (primary N) is 1. The van der Waals surface area contributed by atoms with Crippen LogP contribution in [0.25, 0.3) is 16.8 Å². The van der Waals surface area contributed by atoms with E-state index in [0.717, 1.165) is 27.5 Å². The predicted octanol–water partition coefficient (Wildman–Crippen LogP) is 3.25. The number of nitrogens with zero attached hydrogens (tertiary/aromatic N) is 3. The second-order valence-electron chi connectivity index (χ2n) is 4.53. The van der Waals surface area contributed by atoms with Gasteiger partial charge in [-0.1, -0.05) is 17.7 Å². The fourth-order valence-electron chi connectivity index (χ4n) is 2.26. The standard InChI is InChI=1S/C14H13ClN4/c1-8-3-4-10(15)7-12(8)11-5-6-13-17-14(16)18-19(13)9(11)2/h3-7H,1-2H3,(H2,16,18). The zero-order valence-electron chi connectivity index (χ0n) is 10.7. The first-order chi connectivity index (χ1) is 9.06. The van der Waals surface area contributed by atoms with Crippen LogP contribution in [0.4, 0.5) is 5.95 Å². The maximum absolute atomic E-state index is 6.09. The SMILES string of the molecule is Cc1ccc(Cl)cc1-c1ccc2nc(N)nn2c1C. The van der Waals surface area contributed by atoms with Gasteiger partial charge >= 0.3 is 0 Å². The molecule has 0 aliphatic heterocycles. The molecule has 0 saturated heterocycles. The third-order valence-electron chi connectivity index (χ3n) is 3.24. The summed E-state index contributed by atoms with van der Waals surface area (Å²) in [4.78, 5) is 4.15. The summed E-state index contributed by atoms with van der Waals surface area (Å²) >= 11 is 6.09. The number of nitrogen functional groups attached to an aromatic ring is 1. The number of benzene rings is 1. The van der Waals surface area contributed by atoms with Crippen molar-refractivity contribution in [1.82, 2.24) is 14.6 Å². The minimum absolute atomic E-state index is 0.281. The van der Waals surface area contributed by atoms with Gasteiger partial charge in [-0.15, -0.1) is 5.10 Å². The first-order valence-electron chi connectivity index (χ1n) is 5.94. The van der Waals surface area contributed by atoms with E-state index in [4.69, 9.17) is 17.3 Å². The van der Waals surface area contributed by atoms with E-state index < -0.39 is 0 Å². The van der Waals surface area contributed by atoms with Crippen molar-refractivity contribution >= 4 is 23.2 Å². The summed E-state index contributed by atoms with van der Waals surface area (Å²) in [6.07, 6.45) is 0. The molecule has 4 nitrogen and oxygen atoms in total. The first kappa shape index (κ1) is 12.0. The summed E-state index contributed by atoms with van der Waals surface area (Å²) in [5.74, 6) is 0.281. The van der Waals surface area contributed by atoms with E-state index in [1.807, 2.05) is 37.3 Å². The summed E-state index contributed by atoms with van der Waals surface area (Å²) in [5.41, 5.74) is 10.7. The largest absolute Gasteiger partial charge is 0.366 e. The molecule has 0 atom stereocenters. The zero-order chi connectivity index (χ0) is 13.6. The minimum atomic E-state index is 0.281. The Bertz CT molecular complexity index is 776. The molecule has 96 valence electrons. The molecule has 0 aliphatic rings. The van der Waals surface area contributed by atoms with Crippen molar-refractivity contribution in [2.24, 2.45) is 0 Å². The van der Waals surface area contributed by atoms with Crippen LogP contribution in [-0.4, -0.2) is 14.6 Å². The second kappa shape index (κ2) is 4.24. The highest BCUT2D eigenvalue weighted by Gasteiger charge is 2.11. The van der Waals surface area contributed by atoms with Crippen LogP contribution in [0.15, 0.2) is 30.3 Å². The van der Waals surface area contributed by atoms with Crippen LogP contribution in [-0.2, 0) is 0 Å². The van der Waals surface area contributed by atoms with Crippen molar-refractivity contribution in [3.63, 3.8) is 0 Å². The molecular formula is C14H13ClN4. The van der Waals surface area contributed by atoms with Gasteiger partial charge in [0.1, 0.15) is 0 Å². The summed E-state index contributed by atoms with van der Waals surface area (Å²) in [6, 6.07) is 9.80. The molecule has 3 rings (SSSR count). The van der Waals surface area contributed by atoms with E-state index in [1.54, 1.807) is 4.52 Å². The van der Waals surface area contributed by atoms with Gasteiger partial charge in [0.05, 0.1) is 0 Å². The zero-order valence-corrected chi connectivity index (χ0v) is 11.4. The monoisotopic (exact) mass is 272 g/mol. The van der Waals surface area contributed by atoms with E-state index in [1.165, 1.54) is 5.56 Å². The van der Waals surface area contributed by atoms with Crippen LogP contribution in [0.1, 0.15) is 11.3 Å². The summed E-state index contributed by atoms with van der Waals surface area (Å²) < 4.78 is 1.75. The molecule has 1 aromatic carbocycles. The molecular weight excluding hydrogens is 260 g/mol. The van der Waals surface area contributed by atoms with Crippen LogP contribution < -0.4 is 5.73 Å². The van der Waals surface area contributed by atoms with Gasteiger partial charge in [0, 0.05) is 16.3 Å². The molecule has 2 aromatic heterocycles. The topological polar surface area (TPSA) is 56.2 Å². The average molecular weight is 273 g/mol. The van der Waals surface area contributed by atoms with E-state index >= 15 is 0 Å². The van der Waals surface area contributed by atoms with Crippen molar-refractivity contribution in [1.29, 1.82) is 0 Å². The number of anilines is 1. The van der Waals surface area contributed by atoms with Gasteiger partial charge in [-0.2, -0.15) is 4.98 Å². The van der Waals surface area contributed by atoms with Gasteiger partial charge in [0.25, 0.3) is 0 Å². The van der Waals surface area contributed by atoms with Crippen LogP contribution >= 0.6 is 11.6 Å². The smallest absolute Gasteiger partial charge is 0.240 e. The Morgan fingerprint density at radius 2 is 1.89 bits per heavy atom. The highest BCUT2D eigenvalue weighted by Crippen LogP contribution is 2.29. The van der Waals surface area contributed by atoms with Crippen molar-refractivity contribution < 1.29 is 0 Å². The van der Waals surface area contributed by atoms with E-state index in [-0.39, 0.29) is 5.95 Å². The molecule has 0 bridgehead atoms. The Morgan fingerprint density at radius 1 is 1.11 bits per heavy atom. The van der Waals surface area contributed by atoms with Crippen LogP contribution in [0.2, 0.25) is 5.02 Å². The molecule has 0 aliphatic carbocycles. The fourth-order valence-corrected chi connectivity index (χ4v) is 2.43. The van der Waals surface area contributed by atoms with Gasteiger partial charge in [-0.05, 0) is 49.2 Å². The van der Waals surface area contributed by atoms with Gasteiger partial charge < -0.3 is 5.73 Å². The maximum atomic E-state index is 6.09. The average Bonchev–Trinajstić information content (AvgIpc) is 2.75. The molecule has 0 saturated carbocycles. The van der Waals surface area contributed by atoms with Crippen molar-refractivity contribution in [3.05, 3.63) is 46.6 Å². The Labute approximate surface area is 115 Å². The van der Waals surface area contributed by atoms with Gasteiger partial charge in [0.2, 0.25) is 5.95 Å². The summed E-state index contributed by atoms with van der Waals surface area (Å²) in [7, 11) is 0. The molecule has 2 heterocycles. The lowest BCUT2D eigenvalue weighted by Crippen LogP contribution is -1.98. The fraction of sp³-hybridized carbons (Fsp3) is 0.143. The Kier molecular flexibility index (Phi) is 2.68. The lowest BCUT2D eigenvalue weighted by molar-refractivity contribution is 0.922. The van der Waals surface area contributed by atoms with E-state index in [2.05, 4.69) is 17.0 Å². The molecule has 3 aromatic rings. The molecule has 19 heavy (non-hydrogen) atoms. The number of aryl methyl sites for hydroxylation is 2. The lowest BCUT2D eigenvalue weighted by atomic mass is 10.00. The number of hydrogen-bond donors (Lipinski definition) is 1. The first-order valence-corrected chi connectivity index (χ1v) is 6.32. The van der Waals surface area contributed by atoms with Gasteiger partial charge in [-0.25, -0.2) is 4.52 Å². The van der Waals surface area contributed by atoms with Crippen LogP contribution in [0, 0.1) is 13.8 Å². The normalized spacial score (nSPS) is 11.1. The molecule has 0 spiro atoms. The number of hydrogen-bond acceptors (Lipinski definition) is 3. The number of rotatable bonds is 1.